The van der Waals surface area contributed by atoms with Crippen LogP contribution in [0.5, 0.6) is 0 Å². The Balaban J connectivity index is 1.56. The number of nitrogens with one attached hydrogen (secondary N) is 2. The highest BCUT2D eigenvalue weighted by molar-refractivity contribution is 7.21. The summed E-state index contributed by atoms with van der Waals surface area (Å²) >= 11 is 1.47. The van der Waals surface area contributed by atoms with Gasteiger partial charge in [-0.3, -0.25) is 4.98 Å². The third-order valence-electron chi connectivity index (χ3n) is 7.72. The lowest BCUT2D eigenvalue weighted by molar-refractivity contribution is -0.0871. The molecule has 224 valence electrons. The van der Waals surface area contributed by atoms with E-state index in [2.05, 4.69) is 20.6 Å². The van der Waals surface area contributed by atoms with Crippen LogP contribution in [0.4, 0.5) is 24.9 Å². The van der Waals surface area contributed by atoms with E-state index < -0.39 is 35.3 Å². The van der Waals surface area contributed by atoms with Gasteiger partial charge >= 0.3 is 0 Å². The van der Waals surface area contributed by atoms with Crippen molar-refractivity contribution in [3.8, 4) is 10.6 Å². The highest BCUT2D eigenvalue weighted by Gasteiger charge is 2.50. The highest BCUT2D eigenvalue weighted by Crippen LogP contribution is 2.42. The number of rotatable bonds is 9. The zero-order valence-electron chi connectivity index (χ0n) is 24.1. The van der Waals surface area contributed by atoms with E-state index in [4.69, 9.17) is 19.4 Å². The van der Waals surface area contributed by atoms with Crippen LogP contribution in [0.1, 0.15) is 37.2 Å². The van der Waals surface area contributed by atoms with Gasteiger partial charge in [-0.2, -0.15) is 4.98 Å². The number of hydrogen-bond acceptors (Lipinski definition) is 10. The molecule has 0 bridgehead atoms. The number of halogens is 3. The van der Waals surface area contributed by atoms with Gasteiger partial charge in [0.25, 0.3) is 0 Å². The number of aromatic nitrogens is 4. The number of benzene rings is 1. The maximum Gasteiger partial charge on any atom is 0.225 e. The molecule has 5 rings (SSSR count). The predicted molar refractivity (Wildman–Crippen MR) is 155 cm³/mol. The van der Waals surface area contributed by atoms with Crippen LogP contribution < -0.4 is 10.6 Å². The molecule has 0 aliphatic heterocycles. The largest absolute Gasteiger partial charge is 0.390 e. The summed E-state index contributed by atoms with van der Waals surface area (Å²) in [5.41, 5.74) is 1.40. The van der Waals surface area contributed by atoms with Gasteiger partial charge in [0, 0.05) is 50.6 Å². The molecule has 9 nitrogen and oxygen atoms in total. The molecule has 1 saturated carbocycles. The van der Waals surface area contributed by atoms with Gasteiger partial charge in [-0.15, -0.1) is 11.3 Å². The Kier molecular flexibility index (Phi) is 8.39. The summed E-state index contributed by atoms with van der Waals surface area (Å²) in [4.78, 5) is 18.5. The van der Waals surface area contributed by atoms with Crippen LogP contribution in [0.3, 0.4) is 0 Å². The van der Waals surface area contributed by atoms with Gasteiger partial charge in [0.2, 0.25) is 5.95 Å². The van der Waals surface area contributed by atoms with Crippen molar-refractivity contribution < 1.29 is 27.8 Å². The summed E-state index contributed by atoms with van der Waals surface area (Å²) in [6.07, 6.45) is 1.43. The van der Waals surface area contributed by atoms with Crippen LogP contribution >= 0.6 is 11.3 Å². The SMILES string of the molecule is CO[C@@H]1[C@H](OC)[C@@H](C(C)(C)O)C[C@H]1Nc1nc(NCc2c(F)cc(F)cc2F)nc(C)c1-c1nc2c(C)nccc2s1. The molecule has 42 heavy (non-hydrogen) atoms. The maximum atomic E-state index is 14.3. The van der Waals surface area contributed by atoms with Crippen molar-refractivity contribution in [2.75, 3.05) is 24.9 Å². The molecular weight excluding hydrogens is 569 g/mol. The Bertz CT molecular complexity index is 1590. The molecule has 4 atom stereocenters. The topological polar surface area (TPSA) is 114 Å². The van der Waals surface area contributed by atoms with Gasteiger partial charge in [0.05, 0.1) is 39.4 Å². The van der Waals surface area contributed by atoms with E-state index in [1.807, 2.05) is 13.0 Å². The van der Waals surface area contributed by atoms with Gasteiger partial charge in [-0.25, -0.2) is 23.1 Å². The molecule has 4 aromatic rings. The summed E-state index contributed by atoms with van der Waals surface area (Å²) in [7, 11) is 3.18. The van der Waals surface area contributed by atoms with Crippen molar-refractivity contribution in [2.45, 2.75) is 64.5 Å². The molecular formula is C29H33F3N6O3S. The maximum absolute atomic E-state index is 14.3. The average molecular weight is 603 g/mol. The van der Waals surface area contributed by atoms with Crippen molar-refractivity contribution in [1.29, 1.82) is 0 Å². The van der Waals surface area contributed by atoms with E-state index in [0.717, 1.165) is 15.9 Å². The lowest BCUT2D eigenvalue weighted by Crippen LogP contribution is -2.42. The van der Waals surface area contributed by atoms with Crippen LogP contribution in [0.15, 0.2) is 24.4 Å². The van der Waals surface area contributed by atoms with Crippen LogP contribution in [0, 0.1) is 37.2 Å². The number of aliphatic hydroxyl groups is 1. The van der Waals surface area contributed by atoms with Gasteiger partial charge in [-0.05, 0) is 40.2 Å². The summed E-state index contributed by atoms with van der Waals surface area (Å²) in [6, 6.07) is 2.83. The van der Waals surface area contributed by atoms with E-state index in [1.165, 1.54) is 11.3 Å². The van der Waals surface area contributed by atoms with Crippen molar-refractivity contribution in [3.63, 3.8) is 0 Å². The number of fused-ring (bicyclic) bond motifs is 1. The molecule has 1 fully saturated rings. The molecule has 0 unspecified atom stereocenters. The molecule has 0 saturated heterocycles. The first-order valence-electron chi connectivity index (χ1n) is 13.4. The molecule has 1 aromatic carbocycles. The number of hydrogen-bond donors (Lipinski definition) is 3. The third-order valence-corrected chi connectivity index (χ3v) is 8.76. The number of methoxy groups -OCH3 is 2. The van der Waals surface area contributed by atoms with Gasteiger partial charge in [0.15, 0.2) is 0 Å². The average Bonchev–Trinajstić information content (AvgIpc) is 3.49. The monoisotopic (exact) mass is 602 g/mol. The van der Waals surface area contributed by atoms with Crippen molar-refractivity contribution in [1.82, 2.24) is 19.9 Å². The number of pyridine rings is 1. The van der Waals surface area contributed by atoms with E-state index in [0.29, 0.717) is 40.6 Å². The quantitative estimate of drug-likeness (QED) is 0.232. The zero-order valence-corrected chi connectivity index (χ0v) is 24.9. The van der Waals surface area contributed by atoms with Crippen molar-refractivity contribution in [3.05, 3.63) is 58.8 Å². The second-order valence-electron chi connectivity index (χ2n) is 11.0. The summed E-state index contributed by atoms with van der Waals surface area (Å²) < 4.78 is 54.6. The molecule has 13 heteroatoms. The van der Waals surface area contributed by atoms with Gasteiger partial charge in [-0.1, -0.05) is 0 Å². The van der Waals surface area contributed by atoms with Gasteiger partial charge < -0.3 is 25.2 Å². The summed E-state index contributed by atoms with van der Waals surface area (Å²) in [5.74, 6) is -2.73. The fourth-order valence-corrected chi connectivity index (χ4v) is 6.72. The number of ether oxygens (including phenoxy) is 2. The highest BCUT2D eigenvalue weighted by atomic mass is 32.1. The summed E-state index contributed by atoms with van der Waals surface area (Å²) in [6.45, 7) is 6.86. The number of nitrogens with zero attached hydrogens (tertiary/aromatic N) is 4. The minimum Gasteiger partial charge on any atom is -0.390 e. The second-order valence-corrected chi connectivity index (χ2v) is 12.0. The van der Waals surface area contributed by atoms with E-state index in [9.17, 15) is 18.3 Å². The van der Waals surface area contributed by atoms with Gasteiger partial charge in [0.1, 0.15) is 39.9 Å². The molecule has 0 amide bonds. The molecule has 1 aliphatic rings. The molecule has 0 radical (unpaired) electrons. The third kappa shape index (κ3) is 5.78. The zero-order chi connectivity index (χ0) is 30.3. The predicted octanol–water partition coefficient (Wildman–Crippen LogP) is 5.40. The Morgan fingerprint density at radius 2 is 1.71 bits per heavy atom. The molecule has 3 heterocycles. The van der Waals surface area contributed by atoms with Crippen LogP contribution in [0.25, 0.3) is 20.8 Å². The van der Waals surface area contributed by atoms with Crippen LogP contribution in [-0.4, -0.2) is 63.1 Å². The minimum atomic E-state index is -1.04. The first kappa shape index (κ1) is 30.1. The number of anilines is 2. The Morgan fingerprint density at radius 3 is 2.33 bits per heavy atom. The fraction of sp³-hybridized carbons (Fsp3) is 0.448. The lowest BCUT2D eigenvalue weighted by atomic mass is 9.87. The molecule has 1 aliphatic carbocycles. The molecule has 0 spiro atoms. The first-order chi connectivity index (χ1) is 19.9. The first-order valence-corrected chi connectivity index (χ1v) is 14.3. The number of aryl methyl sites for hydroxylation is 2. The second kappa shape index (κ2) is 11.7. The Labute approximate surface area is 245 Å². The van der Waals surface area contributed by atoms with Crippen molar-refractivity contribution >= 4 is 33.3 Å². The molecule has 3 N–H and O–H groups in total. The smallest absolute Gasteiger partial charge is 0.225 e. The van der Waals surface area contributed by atoms with Crippen LogP contribution in [0.2, 0.25) is 0 Å². The Morgan fingerprint density at radius 1 is 1.02 bits per heavy atom. The Hall–Kier alpha value is -3.39. The van der Waals surface area contributed by atoms with E-state index in [-0.39, 0.29) is 30.0 Å². The van der Waals surface area contributed by atoms with Crippen molar-refractivity contribution in [2.24, 2.45) is 5.92 Å². The van der Waals surface area contributed by atoms with E-state index in [1.54, 1.807) is 41.2 Å². The number of thiazole rings is 1. The minimum absolute atomic E-state index is 0.107. The standard InChI is InChI=1S/C29H33F3N6O3S/c1-13-22(27-37-23-14(2)33-8-7-21(23)42-27)26(36-20-11-17(29(3,4)39)24(40-5)25(20)41-6)38-28(35-13)34-12-16-18(31)9-15(30)10-19(16)32/h7-10,17,20,24-25,39H,11-12H2,1-6H3,(H2,34,35,36,38)/t17-,20+,24+,25-/m0/s1. The molecule has 3 aromatic heterocycles. The normalized spacial score (nSPS) is 20.8. The van der Waals surface area contributed by atoms with E-state index >= 15 is 0 Å². The van der Waals surface area contributed by atoms with Crippen LogP contribution in [-0.2, 0) is 16.0 Å². The fourth-order valence-electron chi connectivity index (χ4n) is 5.61. The lowest BCUT2D eigenvalue weighted by Gasteiger charge is -2.31. The summed E-state index contributed by atoms with van der Waals surface area (Å²) in [5, 5.41) is 17.9.